The first-order valence-electron chi connectivity index (χ1n) is 4.62. The smallest absolute Gasteiger partial charge is 0.279 e. The predicted molar refractivity (Wildman–Crippen MR) is 64.8 cm³/mol. The number of hydrogen-bond acceptors (Lipinski definition) is 4. The summed E-state index contributed by atoms with van der Waals surface area (Å²) in [5.41, 5.74) is 0.151. The van der Waals surface area contributed by atoms with Crippen LogP contribution in [0.2, 0.25) is 0 Å². The van der Waals surface area contributed by atoms with Crippen molar-refractivity contribution in [3.05, 3.63) is 17.3 Å². The first-order chi connectivity index (χ1) is 7.21. The fraction of sp³-hybridized carbons (Fsp3) is 0.444. The second-order valence-corrected chi connectivity index (χ2v) is 7.86. The van der Waals surface area contributed by atoms with Crippen molar-refractivity contribution in [1.29, 1.82) is 0 Å². The van der Waals surface area contributed by atoms with Crippen LogP contribution in [0.4, 0.5) is 0 Å². The van der Waals surface area contributed by atoms with Crippen molar-refractivity contribution in [1.82, 2.24) is 9.38 Å². The molecule has 0 fully saturated rings. The Bertz CT molecular complexity index is 634. The number of thiazole rings is 1. The van der Waals surface area contributed by atoms with E-state index in [1.54, 1.807) is 11.6 Å². The largest absolute Gasteiger partial charge is 0.280 e. The van der Waals surface area contributed by atoms with E-state index in [0.29, 0.717) is 10.7 Å². The van der Waals surface area contributed by atoms with Gasteiger partial charge in [0.25, 0.3) is 9.05 Å². The van der Waals surface area contributed by atoms with E-state index in [9.17, 15) is 8.42 Å². The maximum Gasteiger partial charge on any atom is 0.279 e. The maximum atomic E-state index is 11.6. The minimum atomic E-state index is -3.79. The molecule has 4 nitrogen and oxygen atoms in total. The summed E-state index contributed by atoms with van der Waals surface area (Å²) in [6, 6.07) is 0. The number of imidazole rings is 1. The van der Waals surface area contributed by atoms with Crippen molar-refractivity contribution in [3.8, 4) is 0 Å². The molecular formula is C9H11ClN2O2S2. The van der Waals surface area contributed by atoms with Gasteiger partial charge in [-0.15, -0.1) is 11.3 Å². The zero-order chi connectivity index (χ0) is 12.1. The van der Waals surface area contributed by atoms with Crippen molar-refractivity contribution in [2.24, 2.45) is 0 Å². The molecule has 0 saturated heterocycles. The lowest BCUT2D eigenvalue weighted by molar-refractivity contribution is 0.547. The van der Waals surface area contributed by atoms with E-state index in [0.717, 1.165) is 0 Å². The average Bonchev–Trinajstić information content (AvgIpc) is 2.53. The van der Waals surface area contributed by atoms with Gasteiger partial charge in [0.05, 0.1) is 5.69 Å². The second-order valence-electron chi connectivity index (χ2n) is 4.51. The van der Waals surface area contributed by atoms with Crippen molar-refractivity contribution in [2.75, 3.05) is 0 Å². The summed E-state index contributed by atoms with van der Waals surface area (Å²) >= 11 is 1.38. The molecule has 16 heavy (non-hydrogen) atoms. The van der Waals surface area contributed by atoms with Crippen LogP contribution < -0.4 is 0 Å². The first-order valence-corrected chi connectivity index (χ1v) is 7.81. The molecule has 0 aliphatic rings. The zero-order valence-electron chi connectivity index (χ0n) is 9.06. The molecule has 0 amide bonds. The van der Waals surface area contributed by atoms with E-state index in [4.69, 9.17) is 10.7 Å². The van der Waals surface area contributed by atoms with E-state index >= 15 is 0 Å². The highest BCUT2D eigenvalue weighted by molar-refractivity contribution is 8.13. The summed E-state index contributed by atoms with van der Waals surface area (Å²) in [6.07, 6.45) is 1.66. The van der Waals surface area contributed by atoms with Gasteiger partial charge >= 0.3 is 0 Å². The Kier molecular flexibility index (Phi) is 2.56. The molecule has 88 valence electrons. The molecule has 0 bridgehead atoms. The van der Waals surface area contributed by atoms with Crippen molar-refractivity contribution >= 4 is 36.0 Å². The molecule has 0 atom stereocenters. The number of nitrogens with zero attached hydrogens (tertiary/aromatic N) is 2. The molecule has 0 aliphatic heterocycles. The Labute approximate surface area is 102 Å². The van der Waals surface area contributed by atoms with E-state index in [-0.39, 0.29) is 10.4 Å². The van der Waals surface area contributed by atoms with Gasteiger partial charge in [0.2, 0.25) is 0 Å². The highest BCUT2D eigenvalue weighted by Gasteiger charge is 2.30. The minimum Gasteiger partial charge on any atom is -0.280 e. The third kappa shape index (κ3) is 1.85. The molecule has 2 aromatic rings. The highest BCUT2D eigenvalue weighted by Crippen LogP contribution is 2.32. The van der Waals surface area contributed by atoms with Gasteiger partial charge in [-0.25, -0.2) is 13.4 Å². The summed E-state index contributed by atoms with van der Waals surface area (Å²) in [7, 11) is 1.67. The molecule has 0 spiro atoms. The van der Waals surface area contributed by atoms with Crippen LogP contribution in [-0.2, 0) is 14.5 Å². The van der Waals surface area contributed by atoms with Crippen molar-refractivity contribution in [2.45, 2.75) is 31.2 Å². The lowest BCUT2D eigenvalue weighted by Gasteiger charge is -2.16. The monoisotopic (exact) mass is 278 g/mol. The standard InChI is InChI=1S/C9H11ClN2O2S2/c1-9(2,3)6-7(16(10,13)14)12-4-5-15-8(12)11-6/h4-5H,1-3H3. The SMILES string of the molecule is CC(C)(C)c1nc2sccn2c1S(=O)(=O)Cl. The molecule has 7 heteroatoms. The fourth-order valence-corrected chi connectivity index (χ4v) is 3.67. The molecule has 0 radical (unpaired) electrons. The topological polar surface area (TPSA) is 51.4 Å². The average molecular weight is 279 g/mol. The maximum absolute atomic E-state index is 11.6. The number of fused-ring (bicyclic) bond motifs is 1. The van der Waals surface area contributed by atoms with Crippen LogP contribution in [0.1, 0.15) is 26.5 Å². The molecule has 0 aromatic carbocycles. The van der Waals surface area contributed by atoms with Gasteiger partial charge in [-0.2, -0.15) is 0 Å². The normalized spacial score (nSPS) is 13.5. The minimum absolute atomic E-state index is 0.0814. The van der Waals surface area contributed by atoms with E-state index < -0.39 is 9.05 Å². The van der Waals surface area contributed by atoms with Crippen LogP contribution in [0.25, 0.3) is 4.96 Å². The fourth-order valence-electron chi connectivity index (χ4n) is 1.49. The van der Waals surface area contributed by atoms with Crippen LogP contribution in [0.5, 0.6) is 0 Å². The Balaban J connectivity index is 2.90. The lowest BCUT2D eigenvalue weighted by Crippen LogP contribution is -2.16. The summed E-state index contributed by atoms with van der Waals surface area (Å²) in [6.45, 7) is 5.72. The van der Waals surface area contributed by atoms with Crippen LogP contribution in [0.15, 0.2) is 16.6 Å². The Morgan fingerprint density at radius 1 is 1.44 bits per heavy atom. The van der Waals surface area contributed by atoms with Gasteiger partial charge in [-0.1, -0.05) is 20.8 Å². The third-order valence-corrected chi connectivity index (χ3v) is 4.21. The van der Waals surface area contributed by atoms with Crippen molar-refractivity contribution < 1.29 is 8.42 Å². The number of rotatable bonds is 1. The summed E-state index contributed by atoms with van der Waals surface area (Å²) < 4.78 is 24.7. The molecule has 0 aliphatic carbocycles. The summed E-state index contributed by atoms with van der Waals surface area (Å²) in [4.78, 5) is 4.97. The second kappa shape index (κ2) is 3.45. The third-order valence-electron chi connectivity index (χ3n) is 2.16. The van der Waals surface area contributed by atoms with Gasteiger partial charge in [-0.05, 0) is 0 Å². The van der Waals surface area contributed by atoms with Gasteiger partial charge in [0.15, 0.2) is 9.99 Å². The van der Waals surface area contributed by atoms with Crippen LogP contribution in [-0.4, -0.2) is 17.8 Å². The number of aromatic nitrogens is 2. The Hall–Kier alpha value is -0.590. The molecule has 2 heterocycles. The number of halogens is 1. The molecule has 0 unspecified atom stereocenters. The van der Waals surface area contributed by atoms with E-state index in [2.05, 4.69) is 4.98 Å². The molecular weight excluding hydrogens is 268 g/mol. The van der Waals surface area contributed by atoms with Crippen LogP contribution >= 0.6 is 22.0 Å². The van der Waals surface area contributed by atoms with Gasteiger partial charge in [-0.3, -0.25) is 4.40 Å². The lowest BCUT2D eigenvalue weighted by atomic mass is 9.93. The predicted octanol–water partition coefficient (Wildman–Crippen LogP) is 2.62. The zero-order valence-corrected chi connectivity index (χ0v) is 11.4. The Morgan fingerprint density at radius 3 is 2.56 bits per heavy atom. The molecule has 2 rings (SSSR count). The summed E-state index contributed by atoms with van der Waals surface area (Å²) in [5.74, 6) is 0. The van der Waals surface area contributed by atoms with E-state index in [1.807, 2.05) is 20.8 Å². The van der Waals surface area contributed by atoms with Gasteiger partial charge in [0, 0.05) is 27.7 Å². The first kappa shape index (κ1) is 11.9. The molecule has 0 saturated carbocycles. The van der Waals surface area contributed by atoms with Crippen LogP contribution in [0, 0.1) is 0 Å². The molecule has 2 aromatic heterocycles. The number of hydrogen-bond donors (Lipinski definition) is 0. The Morgan fingerprint density at radius 2 is 2.06 bits per heavy atom. The van der Waals surface area contributed by atoms with Gasteiger partial charge < -0.3 is 0 Å². The quantitative estimate of drug-likeness (QED) is 0.754. The van der Waals surface area contributed by atoms with Gasteiger partial charge in [0.1, 0.15) is 0 Å². The highest BCUT2D eigenvalue weighted by atomic mass is 35.7. The van der Waals surface area contributed by atoms with Crippen molar-refractivity contribution in [3.63, 3.8) is 0 Å². The summed E-state index contributed by atoms with van der Waals surface area (Å²) in [5, 5.41) is 1.86. The molecule has 0 N–H and O–H groups in total. The van der Waals surface area contributed by atoms with E-state index in [1.165, 1.54) is 15.7 Å². The van der Waals surface area contributed by atoms with Crippen LogP contribution in [0.3, 0.4) is 0 Å².